The topological polar surface area (TPSA) is 50.5 Å². The number of carbonyl (C=O) groups excluding carboxylic acids is 1. The summed E-state index contributed by atoms with van der Waals surface area (Å²) in [6.45, 7) is 3.23. The van der Waals surface area contributed by atoms with Gasteiger partial charge in [-0.25, -0.2) is 9.50 Å². The Hall–Kier alpha value is -2.90. The quantitative estimate of drug-likeness (QED) is 0.658. The fourth-order valence-corrected chi connectivity index (χ4v) is 3.62. The third kappa shape index (κ3) is 3.34. The van der Waals surface area contributed by atoms with Gasteiger partial charge in [-0.2, -0.15) is 18.3 Å². The van der Waals surface area contributed by atoms with Crippen molar-refractivity contribution in [2.75, 3.05) is 13.1 Å². The van der Waals surface area contributed by atoms with E-state index in [1.807, 2.05) is 0 Å². The first kappa shape index (κ1) is 18.5. The van der Waals surface area contributed by atoms with Gasteiger partial charge in [0.05, 0.1) is 11.9 Å². The van der Waals surface area contributed by atoms with Crippen molar-refractivity contribution in [3.63, 3.8) is 0 Å². The molecular formula is C20H19F3N4O. The van der Waals surface area contributed by atoms with Gasteiger partial charge in [-0.15, -0.1) is 0 Å². The van der Waals surface area contributed by atoms with Gasteiger partial charge in [0, 0.05) is 18.7 Å². The lowest BCUT2D eigenvalue weighted by Gasteiger charge is -2.30. The summed E-state index contributed by atoms with van der Waals surface area (Å²) >= 11 is 0. The van der Waals surface area contributed by atoms with E-state index in [0.717, 1.165) is 18.9 Å². The van der Waals surface area contributed by atoms with Crippen LogP contribution in [0.5, 0.6) is 0 Å². The molecule has 0 bridgehead atoms. The van der Waals surface area contributed by atoms with E-state index in [4.69, 9.17) is 0 Å². The van der Waals surface area contributed by atoms with Crippen molar-refractivity contribution in [3.8, 4) is 11.3 Å². The summed E-state index contributed by atoms with van der Waals surface area (Å²) in [5.41, 5.74) is -0.236. The molecule has 8 heteroatoms. The average Bonchev–Trinajstić information content (AvgIpc) is 3.10. The number of benzene rings is 1. The minimum Gasteiger partial charge on any atom is -0.338 e. The normalized spacial score (nSPS) is 17.9. The maximum absolute atomic E-state index is 13.6. The van der Waals surface area contributed by atoms with Crippen LogP contribution >= 0.6 is 0 Å². The van der Waals surface area contributed by atoms with Crippen LogP contribution in [-0.4, -0.2) is 38.5 Å². The van der Waals surface area contributed by atoms with Crippen LogP contribution < -0.4 is 0 Å². The van der Waals surface area contributed by atoms with Gasteiger partial charge in [0.1, 0.15) is 5.56 Å². The zero-order valence-electron chi connectivity index (χ0n) is 15.3. The third-order valence-corrected chi connectivity index (χ3v) is 5.01. The highest BCUT2D eigenvalue weighted by molar-refractivity contribution is 6.00. The Labute approximate surface area is 159 Å². The molecule has 0 saturated carbocycles. The Morgan fingerprint density at radius 1 is 1.21 bits per heavy atom. The van der Waals surface area contributed by atoms with Gasteiger partial charge in [0.2, 0.25) is 0 Å². The molecule has 5 nitrogen and oxygen atoms in total. The molecule has 1 fully saturated rings. The lowest BCUT2D eigenvalue weighted by atomic mass is 10.00. The standard InChI is InChI=1S/C20H19F3N4O/c1-13-6-5-9-26(12-13)19(28)15-11-24-27-17(20(21,22)23)10-16(25-18(15)27)14-7-3-2-4-8-14/h2-4,7-8,10-11,13H,5-6,9,12H2,1H3/t13-/m1/s1. The van der Waals surface area contributed by atoms with E-state index < -0.39 is 11.9 Å². The molecule has 1 saturated heterocycles. The summed E-state index contributed by atoms with van der Waals surface area (Å²) in [6.07, 6.45) is -1.53. The fraction of sp³-hybridized carbons (Fsp3) is 0.350. The monoisotopic (exact) mass is 388 g/mol. The number of hydrogen-bond donors (Lipinski definition) is 0. The van der Waals surface area contributed by atoms with Gasteiger partial charge >= 0.3 is 6.18 Å². The highest BCUT2D eigenvalue weighted by Crippen LogP contribution is 2.33. The van der Waals surface area contributed by atoms with E-state index in [9.17, 15) is 18.0 Å². The maximum Gasteiger partial charge on any atom is 0.433 e. The zero-order valence-corrected chi connectivity index (χ0v) is 15.3. The molecule has 28 heavy (non-hydrogen) atoms. The number of piperidine rings is 1. The van der Waals surface area contributed by atoms with Gasteiger partial charge in [-0.3, -0.25) is 4.79 Å². The Morgan fingerprint density at radius 3 is 2.64 bits per heavy atom. The van der Waals surface area contributed by atoms with Crippen molar-refractivity contribution < 1.29 is 18.0 Å². The molecule has 0 unspecified atom stereocenters. The van der Waals surface area contributed by atoms with Crippen molar-refractivity contribution in [3.05, 3.63) is 53.9 Å². The molecule has 3 aromatic rings. The summed E-state index contributed by atoms with van der Waals surface area (Å²) in [5, 5.41) is 3.84. The second kappa shape index (κ2) is 6.92. The van der Waals surface area contributed by atoms with Crippen LogP contribution in [0.3, 0.4) is 0 Å². The van der Waals surface area contributed by atoms with Gasteiger partial charge in [0.25, 0.3) is 5.91 Å². The van der Waals surface area contributed by atoms with Crippen molar-refractivity contribution in [2.24, 2.45) is 5.92 Å². The summed E-state index contributed by atoms with van der Waals surface area (Å²) < 4.78 is 41.7. The summed E-state index contributed by atoms with van der Waals surface area (Å²) in [6, 6.07) is 9.56. The molecule has 1 atom stereocenters. The molecule has 3 heterocycles. The maximum atomic E-state index is 13.6. The van der Waals surface area contributed by atoms with Crippen LogP contribution in [-0.2, 0) is 6.18 Å². The lowest BCUT2D eigenvalue weighted by Crippen LogP contribution is -2.39. The number of amides is 1. The Bertz CT molecular complexity index is 1010. The predicted molar refractivity (Wildman–Crippen MR) is 97.7 cm³/mol. The summed E-state index contributed by atoms with van der Waals surface area (Å²) in [7, 11) is 0. The van der Waals surface area contributed by atoms with Crippen LogP contribution in [0, 0.1) is 5.92 Å². The van der Waals surface area contributed by atoms with Crippen LogP contribution in [0.2, 0.25) is 0 Å². The number of hydrogen-bond acceptors (Lipinski definition) is 3. The minimum absolute atomic E-state index is 0.0723. The molecule has 4 rings (SSSR count). The van der Waals surface area contributed by atoms with Crippen molar-refractivity contribution >= 4 is 11.6 Å². The Balaban J connectivity index is 1.86. The number of halogens is 3. The molecule has 1 aliphatic heterocycles. The zero-order chi connectivity index (χ0) is 19.9. The average molecular weight is 388 g/mol. The number of alkyl halides is 3. The van der Waals surface area contributed by atoms with Crippen LogP contribution in [0.15, 0.2) is 42.6 Å². The van der Waals surface area contributed by atoms with E-state index in [1.54, 1.807) is 35.2 Å². The van der Waals surface area contributed by atoms with Crippen molar-refractivity contribution in [2.45, 2.75) is 25.9 Å². The van der Waals surface area contributed by atoms with Gasteiger partial charge < -0.3 is 4.90 Å². The van der Waals surface area contributed by atoms with Gasteiger partial charge in [-0.1, -0.05) is 37.3 Å². The molecular weight excluding hydrogens is 369 g/mol. The molecule has 1 aliphatic rings. The fourth-order valence-electron chi connectivity index (χ4n) is 3.62. The number of rotatable bonds is 2. The van der Waals surface area contributed by atoms with E-state index in [0.29, 0.717) is 29.1 Å². The Kier molecular flexibility index (Phi) is 4.56. The molecule has 146 valence electrons. The molecule has 0 N–H and O–H groups in total. The smallest absolute Gasteiger partial charge is 0.338 e. The first-order valence-corrected chi connectivity index (χ1v) is 9.15. The number of likely N-dealkylation sites (tertiary alicyclic amines) is 1. The number of nitrogens with zero attached hydrogens (tertiary/aromatic N) is 4. The molecule has 0 aliphatic carbocycles. The molecule has 0 spiro atoms. The van der Waals surface area contributed by atoms with E-state index in [2.05, 4.69) is 17.0 Å². The van der Waals surface area contributed by atoms with E-state index in [1.165, 1.54) is 6.20 Å². The van der Waals surface area contributed by atoms with Gasteiger partial charge in [-0.05, 0) is 24.8 Å². The summed E-state index contributed by atoms with van der Waals surface area (Å²) in [4.78, 5) is 19.0. The molecule has 0 radical (unpaired) electrons. The third-order valence-electron chi connectivity index (χ3n) is 5.01. The number of fused-ring (bicyclic) bond motifs is 1. The molecule has 2 aromatic heterocycles. The predicted octanol–water partition coefficient (Wildman–Crippen LogP) is 4.29. The first-order valence-electron chi connectivity index (χ1n) is 9.15. The van der Waals surface area contributed by atoms with Crippen molar-refractivity contribution in [1.82, 2.24) is 19.5 Å². The highest BCUT2D eigenvalue weighted by Gasteiger charge is 2.36. The molecule has 1 amide bonds. The number of carbonyl (C=O) groups is 1. The van der Waals surface area contributed by atoms with E-state index in [-0.39, 0.29) is 22.8 Å². The summed E-state index contributed by atoms with van der Waals surface area (Å²) in [5.74, 6) is 0.0329. The highest BCUT2D eigenvalue weighted by atomic mass is 19.4. The largest absolute Gasteiger partial charge is 0.433 e. The van der Waals surface area contributed by atoms with Crippen LogP contribution in [0.4, 0.5) is 13.2 Å². The second-order valence-electron chi connectivity index (χ2n) is 7.18. The SMILES string of the molecule is C[C@@H]1CCCN(C(=O)c2cnn3c(C(F)(F)F)cc(-c4ccccc4)nc23)C1. The lowest BCUT2D eigenvalue weighted by molar-refractivity contribution is -0.142. The first-order chi connectivity index (χ1) is 13.3. The van der Waals surface area contributed by atoms with Gasteiger partial charge in [0.15, 0.2) is 11.3 Å². The van der Waals surface area contributed by atoms with Crippen LogP contribution in [0.1, 0.15) is 35.8 Å². The van der Waals surface area contributed by atoms with Crippen molar-refractivity contribution in [1.29, 1.82) is 0 Å². The van der Waals surface area contributed by atoms with Crippen LogP contribution in [0.25, 0.3) is 16.9 Å². The minimum atomic E-state index is -4.63. The molecule has 1 aromatic carbocycles. The second-order valence-corrected chi connectivity index (χ2v) is 7.18. The number of aromatic nitrogens is 3. The van der Waals surface area contributed by atoms with E-state index >= 15 is 0 Å². The Morgan fingerprint density at radius 2 is 1.96 bits per heavy atom.